The average Bonchev–Trinajstić information content (AvgIpc) is 2.39. The maximum absolute atomic E-state index is 6.37. The molecule has 0 radical (unpaired) electrons. The second-order valence-electron chi connectivity index (χ2n) is 4.86. The molecule has 0 aliphatic heterocycles. The summed E-state index contributed by atoms with van der Waals surface area (Å²) in [5.41, 5.74) is 7.18. The fourth-order valence-corrected chi connectivity index (χ4v) is 3.34. The number of nitrogens with two attached hydrogens (primary N) is 1. The van der Waals surface area contributed by atoms with Crippen LogP contribution in [0.4, 0.5) is 0 Å². The van der Waals surface area contributed by atoms with Gasteiger partial charge in [0.05, 0.1) is 7.11 Å². The summed E-state index contributed by atoms with van der Waals surface area (Å²) >= 11 is 6.37. The lowest BCUT2D eigenvalue weighted by Crippen LogP contribution is -2.37. The first-order valence-corrected chi connectivity index (χ1v) is 6.64. The Morgan fingerprint density at radius 1 is 1.29 bits per heavy atom. The molecule has 0 spiro atoms. The number of benzene rings is 1. The second-order valence-corrected chi connectivity index (χ2v) is 5.27. The summed E-state index contributed by atoms with van der Waals surface area (Å²) in [6.45, 7) is 0.646. The summed E-state index contributed by atoms with van der Waals surface area (Å²) in [5.74, 6) is 0.879. The van der Waals surface area contributed by atoms with E-state index in [4.69, 9.17) is 22.1 Å². The van der Waals surface area contributed by atoms with Gasteiger partial charge in [-0.15, -0.1) is 0 Å². The van der Waals surface area contributed by atoms with E-state index in [9.17, 15) is 0 Å². The summed E-state index contributed by atoms with van der Waals surface area (Å²) in [7, 11) is 1.70. The smallest absolute Gasteiger partial charge is 0.124 e. The molecule has 0 aromatic heterocycles. The van der Waals surface area contributed by atoms with Crippen LogP contribution in [-0.2, 0) is 5.41 Å². The average molecular weight is 254 g/mol. The Labute approximate surface area is 108 Å². The lowest BCUT2D eigenvalue weighted by Gasteiger charge is -2.38. The molecule has 1 aromatic carbocycles. The Hall–Kier alpha value is -0.730. The molecular formula is C14H20ClNO. The number of ether oxygens (including phenoxy) is 1. The number of halogens is 1. The van der Waals surface area contributed by atoms with E-state index in [2.05, 4.69) is 0 Å². The monoisotopic (exact) mass is 253 g/mol. The summed E-state index contributed by atoms with van der Waals surface area (Å²) in [4.78, 5) is 0. The van der Waals surface area contributed by atoms with Crippen molar-refractivity contribution in [3.63, 3.8) is 0 Å². The Morgan fingerprint density at radius 3 is 2.59 bits per heavy atom. The van der Waals surface area contributed by atoms with Gasteiger partial charge in [-0.3, -0.25) is 0 Å². The summed E-state index contributed by atoms with van der Waals surface area (Å²) in [6.07, 6.45) is 5.98. The number of hydrogen-bond acceptors (Lipinski definition) is 2. The molecule has 1 aliphatic carbocycles. The van der Waals surface area contributed by atoms with Gasteiger partial charge in [0.1, 0.15) is 5.75 Å². The van der Waals surface area contributed by atoms with E-state index in [1.165, 1.54) is 19.3 Å². The van der Waals surface area contributed by atoms with Crippen LogP contribution in [0.5, 0.6) is 5.75 Å². The third-order valence-corrected chi connectivity index (χ3v) is 4.24. The number of hydrogen-bond donors (Lipinski definition) is 1. The molecule has 0 unspecified atom stereocenters. The highest BCUT2D eigenvalue weighted by molar-refractivity contribution is 6.31. The Balaban J connectivity index is 2.49. The van der Waals surface area contributed by atoms with Crippen LogP contribution < -0.4 is 10.5 Å². The summed E-state index contributed by atoms with van der Waals surface area (Å²) < 4.78 is 5.47. The van der Waals surface area contributed by atoms with Crippen molar-refractivity contribution in [1.82, 2.24) is 0 Å². The minimum atomic E-state index is 0.0158. The molecule has 1 saturated carbocycles. The van der Waals surface area contributed by atoms with Crippen molar-refractivity contribution in [2.45, 2.75) is 37.5 Å². The summed E-state index contributed by atoms with van der Waals surface area (Å²) in [6, 6.07) is 5.84. The van der Waals surface area contributed by atoms with Gasteiger partial charge in [-0.25, -0.2) is 0 Å². The zero-order valence-electron chi connectivity index (χ0n) is 10.3. The molecule has 17 heavy (non-hydrogen) atoms. The van der Waals surface area contributed by atoms with E-state index >= 15 is 0 Å². The van der Waals surface area contributed by atoms with Gasteiger partial charge in [0.2, 0.25) is 0 Å². The van der Waals surface area contributed by atoms with E-state index in [1.807, 2.05) is 18.2 Å². The highest BCUT2D eigenvalue weighted by Gasteiger charge is 2.36. The molecule has 2 nitrogen and oxygen atoms in total. The minimum absolute atomic E-state index is 0.0158. The molecule has 2 rings (SSSR count). The highest BCUT2D eigenvalue weighted by atomic mass is 35.5. The Kier molecular flexibility index (Phi) is 3.95. The first-order chi connectivity index (χ1) is 8.23. The molecule has 0 heterocycles. The zero-order valence-corrected chi connectivity index (χ0v) is 11.1. The predicted octanol–water partition coefficient (Wildman–Crippen LogP) is 3.51. The fraction of sp³-hybridized carbons (Fsp3) is 0.571. The maximum atomic E-state index is 6.37. The van der Waals surface area contributed by atoms with E-state index in [1.54, 1.807) is 7.11 Å². The van der Waals surface area contributed by atoms with Crippen molar-refractivity contribution < 1.29 is 4.74 Å². The lowest BCUT2D eigenvalue weighted by molar-refractivity contribution is 0.288. The summed E-state index contributed by atoms with van der Waals surface area (Å²) in [5, 5.41) is 0.789. The first-order valence-electron chi connectivity index (χ1n) is 6.26. The zero-order chi connectivity index (χ0) is 12.3. The predicted molar refractivity (Wildman–Crippen MR) is 71.8 cm³/mol. The standard InChI is InChI=1S/C14H20ClNO/c1-17-12-7-5-6-11(15)13(12)14(10-16)8-3-2-4-9-14/h5-7H,2-4,8-10,16H2,1H3. The highest BCUT2D eigenvalue weighted by Crippen LogP contribution is 2.45. The second kappa shape index (κ2) is 5.28. The van der Waals surface area contributed by atoms with Gasteiger partial charge < -0.3 is 10.5 Å². The van der Waals surface area contributed by atoms with Crippen molar-refractivity contribution >= 4 is 11.6 Å². The Bertz CT molecular complexity index is 386. The molecule has 0 bridgehead atoms. The third-order valence-electron chi connectivity index (χ3n) is 3.93. The van der Waals surface area contributed by atoms with E-state index in [0.29, 0.717) is 6.54 Å². The van der Waals surface area contributed by atoms with Crippen LogP contribution in [0.2, 0.25) is 5.02 Å². The quantitative estimate of drug-likeness (QED) is 0.895. The number of methoxy groups -OCH3 is 1. The van der Waals surface area contributed by atoms with E-state index in [-0.39, 0.29) is 5.41 Å². The maximum Gasteiger partial charge on any atom is 0.124 e. The fourth-order valence-electron chi connectivity index (χ4n) is 2.97. The van der Waals surface area contributed by atoms with Crippen LogP contribution in [0.3, 0.4) is 0 Å². The number of rotatable bonds is 3. The largest absolute Gasteiger partial charge is 0.496 e. The Morgan fingerprint density at radius 2 is 2.00 bits per heavy atom. The van der Waals surface area contributed by atoms with Gasteiger partial charge in [0, 0.05) is 22.5 Å². The lowest BCUT2D eigenvalue weighted by atomic mass is 9.69. The molecule has 0 atom stereocenters. The topological polar surface area (TPSA) is 35.2 Å². The van der Waals surface area contributed by atoms with Gasteiger partial charge in [0.25, 0.3) is 0 Å². The first kappa shape index (κ1) is 12.7. The molecule has 1 aromatic rings. The van der Waals surface area contributed by atoms with Crippen molar-refractivity contribution in [1.29, 1.82) is 0 Å². The van der Waals surface area contributed by atoms with Crippen LogP contribution in [0.25, 0.3) is 0 Å². The van der Waals surface area contributed by atoms with Gasteiger partial charge in [-0.1, -0.05) is 36.9 Å². The SMILES string of the molecule is COc1cccc(Cl)c1C1(CN)CCCCC1. The van der Waals surface area contributed by atoms with Crippen LogP contribution in [0, 0.1) is 0 Å². The molecular weight excluding hydrogens is 234 g/mol. The van der Waals surface area contributed by atoms with Crippen LogP contribution in [-0.4, -0.2) is 13.7 Å². The molecule has 0 saturated heterocycles. The molecule has 2 N–H and O–H groups in total. The van der Waals surface area contributed by atoms with Gasteiger partial charge in [0.15, 0.2) is 0 Å². The van der Waals surface area contributed by atoms with E-state index < -0.39 is 0 Å². The van der Waals surface area contributed by atoms with Crippen LogP contribution >= 0.6 is 11.6 Å². The van der Waals surface area contributed by atoms with Gasteiger partial charge in [-0.2, -0.15) is 0 Å². The molecule has 0 amide bonds. The minimum Gasteiger partial charge on any atom is -0.496 e. The van der Waals surface area contributed by atoms with Crippen LogP contribution in [0.15, 0.2) is 18.2 Å². The van der Waals surface area contributed by atoms with Crippen molar-refractivity contribution in [3.05, 3.63) is 28.8 Å². The van der Waals surface area contributed by atoms with Crippen molar-refractivity contribution in [3.8, 4) is 5.75 Å². The normalized spacial score (nSPS) is 19.0. The van der Waals surface area contributed by atoms with Gasteiger partial charge >= 0.3 is 0 Å². The van der Waals surface area contributed by atoms with Crippen LogP contribution in [0.1, 0.15) is 37.7 Å². The van der Waals surface area contributed by atoms with Crippen molar-refractivity contribution in [2.75, 3.05) is 13.7 Å². The molecule has 94 valence electrons. The van der Waals surface area contributed by atoms with Gasteiger partial charge in [-0.05, 0) is 25.0 Å². The van der Waals surface area contributed by atoms with E-state index in [0.717, 1.165) is 29.2 Å². The third kappa shape index (κ3) is 2.29. The molecule has 1 fully saturated rings. The molecule has 1 aliphatic rings. The van der Waals surface area contributed by atoms with Crippen molar-refractivity contribution in [2.24, 2.45) is 5.73 Å². The molecule has 3 heteroatoms.